The molecule has 3 N–H and O–H groups in total. The molecule has 0 radical (unpaired) electrons. The first-order chi connectivity index (χ1) is 9.47. The smallest absolute Gasteiger partial charge is 0.319 e. The maximum Gasteiger partial charge on any atom is 0.319 e. The molecule has 2 atom stereocenters. The number of carboxylic acid groups (broad SMARTS) is 1. The lowest BCUT2D eigenvalue weighted by atomic mass is 10.1. The molecule has 20 heavy (non-hydrogen) atoms. The molecular weight excluding hydrogens is 348 g/mol. The standard InChI is InChI=1S/C13H12BrClN2O3/c14-11-9(15)2-1-3-10(11)17-13(20)16-8-5-4-7(6-8)12(18)19/h1-5,7-8H,6H2,(H,18,19)(H2,16,17,20). The summed E-state index contributed by atoms with van der Waals surface area (Å²) < 4.78 is 0.599. The molecular formula is C13H12BrClN2O3. The molecule has 1 aliphatic rings. The second kappa shape index (κ2) is 6.28. The van der Waals surface area contributed by atoms with Gasteiger partial charge in [0.25, 0.3) is 0 Å². The number of urea groups is 1. The van der Waals surface area contributed by atoms with E-state index >= 15 is 0 Å². The number of benzene rings is 1. The molecule has 1 aliphatic carbocycles. The van der Waals surface area contributed by atoms with Gasteiger partial charge in [-0.2, -0.15) is 0 Å². The number of carboxylic acids is 1. The highest BCUT2D eigenvalue weighted by atomic mass is 79.9. The van der Waals surface area contributed by atoms with Gasteiger partial charge in [0.05, 0.1) is 27.1 Å². The van der Waals surface area contributed by atoms with Gasteiger partial charge in [0.15, 0.2) is 0 Å². The average molecular weight is 360 g/mol. The van der Waals surface area contributed by atoms with E-state index in [1.54, 1.807) is 30.4 Å². The Morgan fingerprint density at radius 2 is 2.10 bits per heavy atom. The Hall–Kier alpha value is -1.53. The number of carbonyl (C=O) groups excluding carboxylic acids is 1. The van der Waals surface area contributed by atoms with Crippen molar-refractivity contribution in [3.05, 3.63) is 39.8 Å². The van der Waals surface area contributed by atoms with Gasteiger partial charge in [-0.1, -0.05) is 29.8 Å². The Morgan fingerprint density at radius 3 is 2.75 bits per heavy atom. The van der Waals surface area contributed by atoms with Crippen LogP contribution in [-0.4, -0.2) is 23.1 Å². The molecule has 0 aromatic heterocycles. The molecule has 0 bridgehead atoms. The van der Waals surface area contributed by atoms with Crippen molar-refractivity contribution in [2.24, 2.45) is 5.92 Å². The molecule has 0 aliphatic heterocycles. The van der Waals surface area contributed by atoms with Crippen molar-refractivity contribution in [2.45, 2.75) is 12.5 Å². The molecule has 2 rings (SSSR count). The first kappa shape index (κ1) is 14.9. The van der Waals surface area contributed by atoms with Crippen LogP contribution in [0.1, 0.15) is 6.42 Å². The van der Waals surface area contributed by atoms with Crippen LogP contribution in [0.4, 0.5) is 10.5 Å². The molecule has 7 heteroatoms. The molecule has 106 valence electrons. The van der Waals surface area contributed by atoms with E-state index in [0.29, 0.717) is 21.6 Å². The van der Waals surface area contributed by atoms with Gasteiger partial charge in [-0.15, -0.1) is 0 Å². The summed E-state index contributed by atoms with van der Waals surface area (Å²) in [5.74, 6) is -1.43. The van der Waals surface area contributed by atoms with Crippen LogP contribution in [0.15, 0.2) is 34.8 Å². The average Bonchev–Trinajstić information content (AvgIpc) is 2.83. The molecule has 1 aromatic carbocycles. The second-order valence-corrected chi connectivity index (χ2v) is 5.57. The van der Waals surface area contributed by atoms with E-state index in [1.165, 1.54) is 0 Å². The van der Waals surface area contributed by atoms with Crippen LogP contribution in [0.5, 0.6) is 0 Å². The lowest BCUT2D eigenvalue weighted by Gasteiger charge is -2.14. The lowest BCUT2D eigenvalue weighted by molar-refractivity contribution is -0.140. The van der Waals surface area contributed by atoms with Crippen LogP contribution in [0.3, 0.4) is 0 Å². The molecule has 2 unspecified atom stereocenters. The SMILES string of the molecule is O=C(Nc1cccc(Cl)c1Br)NC1C=CC(C(=O)O)C1. The topological polar surface area (TPSA) is 78.4 Å². The first-order valence-electron chi connectivity index (χ1n) is 5.90. The lowest BCUT2D eigenvalue weighted by Crippen LogP contribution is -2.36. The van der Waals surface area contributed by atoms with Gasteiger partial charge in [-0.3, -0.25) is 4.79 Å². The normalized spacial score (nSPS) is 20.7. The van der Waals surface area contributed by atoms with E-state index in [4.69, 9.17) is 16.7 Å². The highest BCUT2D eigenvalue weighted by Crippen LogP contribution is 2.30. The molecule has 0 saturated carbocycles. The summed E-state index contributed by atoms with van der Waals surface area (Å²) in [6, 6.07) is 4.44. The van der Waals surface area contributed by atoms with Crippen LogP contribution in [-0.2, 0) is 4.79 Å². The van der Waals surface area contributed by atoms with E-state index in [2.05, 4.69) is 26.6 Å². The Labute approximate surface area is 129 Å². The molecule has 0 saturated heterocycles. The zero-order valence-electron chi connectivity index (χ0n) is 10.3. The highest BCUT2D eigenvalue weighted by Gasteiger charge is 2.25. The van der Waals surface area contributed by atoms with Gasteiger partial charge < -0.3 is 15.7 Å². The van der Waals surface area contributed by atoms with E-state index in [1.807, 2.05) is 0 Å². The third-order valence-electron chi connectivity index (χ3n) is 2.92. The van der Waals surface area contributed by atoms with E-state index in [0.717, 1.165) is 0 Å². The maximum atomic E-state index is 11.8. The van der Waals surface area contributed by atoms with Gasteiger partial charge in [0.1, 0.15) is 0 Å². The highest BCUT2D eigenvalue weighted by molar-refractivity contribution is 9.10. The largest absolute Gasteiger partial charge is 0.481 e. The van der Waals surface area contributed by atoms with E-state index in [-0.39, 0.29) is 6.04 Å². The molecule has 5 nitrogen and oxygen atoms in total. The summed E-state index contributed by atoms with van der Waals surface area (Å²) in [7, 11) is 0. The van der Waals surface area contributed by atoms with Crippen LogP contribution in [0.2, 0.25) is 5.02 Å². The van der Waals surface area contributed by atoms with Crippen LogP contribution >= 0.6 is 27.5 Å². The minimum Gasteiger partial charge on any atom is -0.481 e. The Kier molecular flexibility index (Phi) is 4.67. The number of anilines is 1. The fourth-order valence-electron chi connectivity index (χ4n) is 1.92. The first-order valence-corrected chi connectivity index (χ1v) is 7.07. The minimum absolute atomic E-state index is 0.283. The molecule has 0 heterocycles. The van der Waals surface area contributed by atoms with Gasteiger partial charge in [0, 0.05) is 0 Å². The second-order valence-electron chi connectivity index (χ2n) is 4.37. The van der Waals surface area contributed by atoms with E-state index in [9.17, 15) is 9.59 Å². The Bertz CT molecular complexity index is 577. The minimum atomic E-state index is -0.886. The van der Waals surface area contributed by atoms with Crippen LogP contribution < -0.4 is 10.6 Å². The number of rotatable bonds is 3. The molecule has 0 fully saturated rings. The Morgan fingerprint density at radius 1 is 1.35 bits per heavy atom. The number of amides is 2. The summed E-state index contributed by atoms with van der Waals surface area (Å²) >= 11 is 9.21. The molecule has 1 aromatic rings. The van der Waals surface area contributed by atoms with Crippen LogP contribution in [0, 0.1) is 5.92 Å². The fraction of sp³-hybridized carbons (Fsp3) is 0.231. The van der Waals surface area contributed by atoms with Gasteiger partial charge in [-0.05, 0) is 34.5 Å². The predicted molar refractivity (Wildman–Crippen MR) is 80.0 cm³/mol. The number of aliphatic carboxylic acids is 1. The zero-order valence-corrected chi connectivity index (χ0v) is 12.6. The van der Waals surface area contributed by atoms with Gasteiger partial charge in [0.2, 0.25) is 0 Å². The van der Waals surface area contributed by atoms with Crippen LogP contribution in [0.25, 0.3) is 0 Å². The predicted octanol–water partition coefficient (Wildman–Crippen LogP) is 3.25. The zero-order chi connectivity index (χ0) is 14.7. The molecule has 2 amide bonds. The maximum absolute atomic E-state index is 11.8. The molecule has 0 spiro atoms. The number of hydrogen-bond acceptors (Lipinski definition) is 2. The number of halogens is 2. The van der Waals surface area contributed by atoms with Crippen molar-refractivity contribution in [3.63, 3.8) is 0 Å². The van der Waals surface area contributed by atoms with Crippen molar-refractivity contribution in [2.75, 3.05) is 5.32 Å². The van der Waals surface area contributed by atoms with Crippen molar-refractivity contribution in [3.8, 4) is 0 Å². The van der Waals surface area contributed by atoms with Gasteiger partial charge >= 0.3 is 12.0 Å². The monoisotopic (exact) mass is 358 g/mol. The third-order valence-corrected chi connectivity index (χ3v) is 4.31. The summed E-state index contributed by atoms with van der Waals surface area (Å²) in [5, 5.41) is 14.7. The summed E-state index contributed by atoms with van der Waals surface area (Å²) in [6.45, 7) is 0. The number of hydrogen-bond donors (Lipinski definition) is 3. The third kappa shape index (κ3) is 3.52. The summed E-state index contributed by atoms with van der Waals surface area (Å²) in [5.41, 5.74) is 0.548. The quantitative estimate of drug-likeness (QED) is 0.725. The number of nitrogens with one attached hydrogen (secondary N) is 2. The Balaban J connectivity index is 1.92. The van der Waals surface area contributed by atoms with Gasteiger partial charge in [-0.25, -0.2) is 4.79 Å². The van der Waals surface area contributed by atoms with Crippen molar-refractivity contribution < 1.29 is 14.7 Å². The van der Waals surface area contributed by atoms with Crippen molar-refractivity contribution in [1.82, 2.24) is 5.32 Å². The van der Waals surface area contributed by atoms with Crippen molar-refractivity contribution >= 4 is 45.2 Å². The summed E-state index contributed by atoms with van der Waals surface area (Å²) in [6.07, 6.45) is 3.63. The summed E-state index contributed by atoms with van der Waals surface area (Å²) in [4.78, 5) is 22.6. The van der Waals surface area contributed by atoms with E-state index < -0.39 is 17.9 Å². The van der Waals surface area contributed by atoms with Crippen molar-refractivity contribution in [1.29, 1.82) is 0 Å². The number of carbonyl (C=O) groups is 2. The fourth-order valence-corrected chi connectivity index (χ4v) is 2.45.